The summed E-state index contributed by atoms with van der Waals surface area (Å²) in [5, 5.41) is 0. The van der Waals surface area contributed by atoms with E-state index in [1.165, 1.54) is 77.0 Å². The van der Waals surface area contributed by atoms with Crippen molar-refractivity contribution in [2.75, 3.05) is 13.2 Å². The van der Waals surface area contributed by atoms with Crippen molar-refractivity contribution in [1.82, 2.24) is 0 Å². The standard InChI is InChI=1S/C29H50O2/c1-6-30-19-20(2)10-9-11-21(3)23-12-13-24-22-18-26-29(31-26)16-8-7-15-28(29,5)25(22)14-17-27(23,24)4/h20-26H,6-19H2,1-5H3/t20?,21?,22-,23+,24-,25-,26-,27+,28+,29?/m0/s1. The maximum Gasteiger partial charge on any atom is 0.100 e. The normalized spacial score (nSPS) is 50.0. The molecule has 2 nitrogen and oxygen atoms in total. The van der Waals surface area contributed by atoms with Crippen LogP contribution in [0.2, 0.25) is 0 Å². The molecule has 0 bridgehead atoms. The average Bonchev–Trinajstić information content (AvgIpc) is 3.33. The summed E-state index contributed by atoms with van der Waals surface area (Å²) in [4.78, 5) is 0. The molecule has 4 aliphatic carbocycles. The Kier molecular flexibility index (Phi) is 6.08. The van der Waals surface area contributed by atoms with Crippen molar-refractivity contribution < 1.29 is 9.47 Å². The Labute approximate surface area is 192 Å². The predicted molar refractivity (Wildman–Crippen MR) is 128 cm³/mol. The molecule has 10 atom stereocenters. The van der Waals surface area contributed by atoms with Crippen LogP contribution in [0.5, 0.6) is 0 Å². The molecule has 178 valence electrons. The zero-order chi connectivity index (χ0) is 21.9. The number of epoxide rings is 1. The lowest BCUT2D eigenvalue weighted by molar-refractivity contribution is -0.100. The molecule has 0 aromatic rings. The van der Waals surface area contributed by atoms with Crippen molar-refractivity contribution in [1.29, 1.82) is 0 Å². The van der Waals surface area contributed by atoms with Gasteiger partial charge in [0.1, 0.15) is 5.60 Å². The van der Waals surface area contributed by atoms with Crippen molar-refractivity contribution in [3.63, 3.8) is 0 Å². The molecule has 5 aliphatic rings. The highest BCUT2D eigenvalue weighted by atomic mass is 16.6. The highest BCUT2D eigenvalue weighted by Gasteiger charge is 2.75. The van der Waals surface area contributed by atoms with E-state index in [1.807, 2.05) is 0 Å². The fraction of sp³-hybridized carbons (Fsp3) is 1.00. The quantitative estimate of drug-likeness (QED) is 0.369. The summed E-state index contributed by atoms with van der Waals surface area (Å²) in [6.07, 6.45) is 17.8. The van der Waals surface area contributed by atoms with Gasteiger partial charge in [-0.3, -0.25) is 0 Å². The number of rotatable bonds is 8. The molecule has 0 N–H and O–H groups in total. The zero-order valence-corrected chi connectivity index (χ0v) is 21.3. The largest absolute Gasteiger partial charge is 0.381 e. The molecule has 0 aromatic carbocycles. The third-order valence-electron chi connectivity index (χ3n) is 11.7. The van der Waals surface area contributed by atoms with Crippen LogP contribution >= 0.6 is 0 Å². The van der Waals surface area contributed by atoms with Gasteiger partial charge in [0.2, 0.25) is 0 Å². The molecular formula is C29H50O2. The Balaban J connectivity index is 1.23. The minimum absolute atomic E-state index is 0.309. The van der Waals surface area contributed by atoms with E-state index in [0.29, 0.717) is 28.5 Å². The van der Waals surface area contributed by atoms with Crippen LogP contribution in [0.25, 0.3) is 0 Å². The Morgan fingerprint density at radius 2 is 1.77 bits per heavy atom. The topological polar surface area (TPSA) is 21.8 Å². The third-order valence-corrected chi connectivity index (χ3v) is 11.7. The van der Waals surface area contributed by atoms with Crippen LogP contribution in [0.3, 0.4) is 0 Å². The van der Waals surface area contributed by atoms with E-state index in [1.54, 1.807) is 0 Å². The van der Waals surface area contributed by atoms with Gasteiger partial charge >= 0.3 is 0 Å². The van der Waals surface area contributed by atoms with Crippen molar-refractivity contribution >= 4 is 0 Å². The number of ether oxygens (including phenoxy) is 2. The first-order chi connectivity index (χ1) is 14.9. The highest BCUT2D eigenvalue weighted by molar-refractivity contribution is 5.23. The van der Waals surface area contributed by atoms with Crippen LogP contribution in [0.4, 0.5) is 0 Å². The Morgan fingerprint density at radius 1 is 0.968 bits per heavy atom. The molecule has 1 aliphatic heterocycles. The lowest BCUT2D eigenvalue weighted by Crippen LogP contribution is -2.57. The second-order valence-electron chi connectivity index (χ2n) is 13.1. The Bertz CT molecular complexity index is 647. The molecule has 4 saturated carbocycles. The Morgan fingerprint density at radius 3 is 2.58 bits per heavy atom. The van der Waals surface area contributed by atoms with Gasteiger partial charge < -0.3 is 9.47 Å². The highest BCUT2D eigenvalue weighted by Crippen LogP contribution is 2.74. The molecule has 1 saturated heterocycles. The summed E-state index contributed by atoms with van der Waals surface area (Å²) in [7, 11) is 0. The average molecular weight is 431 g/mol. The summed E-state index contributed by atoms with van der Waals surface area (Å²) in [6, 6.07) is 0. The van der Waals surface area contributed by atoms with Crippen molar-refractivity contribution in [2.45, 2.75) is 123 Å². The fourth-order valence-corrected chi connectivity index (χ4v) is 10.1. The van der Waals surface area contributed by atoms with Gasteiger partial charge in [0.05, 0.1) is 6.10 Å². The third kappa shape index (κ3) is 3.48. The second-order valence-corrected chi connectivity index (χ2v) is 13.1. The fourth-order valence-electron chi connectivity index (χ4n) is 10.1. The molecule has 2 heteroatoms. The molecule has 1 heterocycles. The monoisotopic (exact) mass is 430 g/mol. The van der Waals surface area contributed by atoms with Crippen LogP contribution in [0, 0.1) is 46.3 Å². The molecule has 1 spiro atoms. The molecule has 5 rings (SSSR count). The minimum atomic E-state index is 0.309. The van der Waals surface area contributed by atoms with Gasteiger partial charge in [0.15, 0.2) is 0 Å². The molecular weight excluding hydrogens is 380 g/mol. The van der Waals surface area contributed by atoms with Crippen LogP contribution < -0.4 is 0 Å². The summed E-state index contributed by atoms with van der Waals surface area (Å²) in [6.45, 7) is 14.2. The number of hydrogen-bond acceptors (Lipinski definition) is 2. The molecule has 5 fully saturated rings. The van der Waals surface area contributed by atoms with E-state index in [0.717, 1.165) is 42.8 Å². The molecule has 0 amide bonds. The molecule has 0 radical (unpaired) electrons. The minimum Gasteiger partial charge on any atom is -0.381 e. The van der Waals surface area contributed by atoms with Crippen molar-refractivity contribution in [3.05, 3.63) is 0 Å². The maximum atomic E-state index is 6.61. The maximum absolute atomic E-state index is 6.61. The first kappa shape index (κ1) is 22.7. The second kappa shape index (κ2) is 8.30. The van der Waals surface area contributed by atoms with E-state index in [2.05, 4.69) is 34.6 Å². The SMILES string of the molecule is CCOCC(C)CCCC(C)[C@H]1CC[C@H]2[C@@H]3C[C@@H]4OC45CCCC[C@]5(C)[C@H]3CC[C@]12C. The summed E-state index contributed by atoms with van der Waals surface area (Å²) >= 11 is 0. The lowest BCUT2D eigenvalue weighted by atomic mass is 9.44. The summed E-state index contributed by atoms with van der Waals surface area (Å²) in [5.74, 6) is 5.41. The van der Waals surface area contributed by atoms with Gasteiger partial charge in [-0.1, -0.05) is 53.4 Å². The number of hydrogen-bond donors (Lipinski definition) is 0. The van der Waals surface area contributed by atoms with Crippen LogP contribution in [-0.4, -0.2) is 24.9 Å². The summed E-state index contributed by atoms with van der Waals surface area (Å²) < 4.78 is 12.3. The van der Waals surface area contributed by atoms with E-state index < -0.39 is 0 Å². The predicted octanol–water partition coefficient (Wildman–Crippen LogP) is 7.65. The van der Waals surface area contributed by atoms with Gasteiger partial charge in [0, 0.05) is 18.6 Å². The van der Waals surface area contributed by atoms with E-state index >= 15 is 0 Å². The van der Waals surface area contributed by atoms with Crippen LogP contribution in [-0.2, 0) is 9.47 Å². The van der Waals surface area contributed by atoms with Gasteiger partial charge in [-0.25, -0.2) is 0 Å². The van der Waals surface area contributed by atoms with Gasteiger partial charge in [-0.15, -0.1) is 0 Å². The molecule has 0 aromatic heterocycles. The van der Waals surface area contributed by atoms with Gasteiger partial charge in [-0.05, 0) is 99.2 Å². The zero-order valence-electron chi connectivity index (χ0n) is 21.3. The lowest BCUT2D eigenvalue weighted by Gasteiger charge is -2.59. The number of fused-ring (bicyclic) bond motifs is 4. The first-order valence-electron chi connectivity index (χ1n) is 14.1. The van der Waals surface area contributed by atoms with Gasteiger partial charge in [-0.2, -0.15) is 0 Å². The van der Waals surface area contributed by atoms with Crippen LogP contribution in [0.15, 0.2) is 0 Å². The van der Waals surface area contributed by atoms with E-state index in [-0.39, 0.29) is 0 Å². The van der Waals surface area contributed by atoms with E-state index in [9.17, 15) is 0 Å². The van der Waals surface area contributed by atoms with Crippen LogP contribution in [0.1, 0.15) is 112 Å². The van der Waals surface area contributed by atoms with Gasteiger partial charge in [0.25, 0.3) is 0 Å². The summed E-state index contributed by atoms with van der Waals surface area (Å²) in [5.41, 5.74) is 1.39. The molecule has 3 unspecified atom stereocenters. The first-order valence-corrected chi connectivity index (χ1v) is 14.1. The van der Waals surface area contributed by atoms with Crippen molar-refractivity contribution in [2.24, 2.45) is 46.3 Å². The Hall–Kier alpha value is -0.0800. The molecule has 31 heavy (non-hydrogen) atoms. The smallest absolute Gasteiger partial charge is 0.100 e. The van der Waals surface area contributed by atoms with Crippen molar-refractivity contribution in [3.8, 4) is 0 Å². The van der Waals surface area contributed by atoms with E-state index in [4.69, 9.17) is 9.47 Å².